The molecule has 0 aromatic heterocycles. The van der Waals surface area contributed by atoms with Crippen LogP contribution in [0.4, 0.5) is 0 Å². The first kappa shape index (κ1) is 14.2. The van der Waals surface area contributed by atoms with Crippen molar-refractivity contribution in [3.05, 3.63) is 11.6 Å². The molecule has 0 aliphatic heterocycles. The molecule has 1 saturated carbocycles. The van der Waals surface area contributed by atoms with Crippen molar-refractivity contribution >= 4 is 5.91 Å². The zero-order valence-corrected chi connectivity index (χ0v) is 11.0. The van der Waals surface area contributed by atoms with Gasteiger partial charge in [-0.2, -0.15) is 0 Å². The molecule has 0 atom stereocenters. The highest BCUT2D eigenvalue weighted by atomic mass is 16.3. The van der Waals surface area contributed by atoms with Crippen LogP contribution in [-0.2, 0) is 4.79 Å². The molecule has 1 aliphatic rings. The van der Waals surface area contributed by atoms with Gasteiger partial charge in [-0.15, -0.1) is 0 Å². The summed E-state index contributed by atoms with van der Waals surface area (Å²) < 4.78 is 0. The summed E-state index contributed by atoms with van der Waals surface area (Å²) >= 11 is 0. The lowest BCUT2D eigenvalue weighted by atomic mass is 9.86. The van der Waals surface area contributed by atoms with E-state index in [1.54, 1.807) is 0 Å². The maximum absolute atomic E-state index is 11.9. The van der Waals surface area contributed by atoms with Crippen molar-refractivity contribution in [2.45, 2.75) is 46.0 Å². The molecule has 0 bridgehead atoms. The van der Waals surface area contributed by atoms with Gasteiger partial charge in [-0.3, -0.25) is 4.79 Å². The smallest absolute Gasteiger partial charge is 0.247 e. The summed E-state index contributed by atoms with van der Waals surface area (Å²) in [5, 5.41) is 11.5. The van der Waals surface area contributed by atoms with Gasteiger partial charge in [0.2, 0.25) is 5.91 Å². The average molecular weight is 239 g/mol. The second kappa shape index (κ2) is 7.49. The van der Waals surface area contributed by atoms with E-state index in [0.717, 1.165) is 5.57 Å². The van der Waals surface area contributed by atoms with Crippen molar-refractivity contribution in [3.8, 4) is 0 Å². The Morgan fingerprint density at radius 2 is 2.00 bits per heavy atom. The van der Waals surface area contributed by atoms with E-state index in [4.69, 9.17) is 5.11 Å². The normalized spacial score (nSPS) is 18.5. The van der Waals surface area contributed by atoms with Gasteiger partial charge in [0.05, 0.1) is 6.61 Å². The first-order valence-corrected chi connectivity index (χ1v) is 6.76. The molecular formula is C14H25NO2. The summed E-state index contributed by atoms with van der Waals surface area (Å²) in [6.07, 6.45) is 8.48. The molecule has 0 aromatic carbocycles. The molecule has 0 radical (unpaired) electrons. The quantitative estimate of drug-likeness (QED) is 0.723. The Kier molecular flexibility index (Phi) is 6.27. The molecule has 3 nitrogen and oxygen atoms in total. The summed E-state index contributed by atoms with van der Waals surface area (Å²) in [5.41, 5.74) is 0.880. The van der Waals surface area contributed by atoms with E-state index in [9.17, 15) is 4.79 Å². The Balaban J connectivity index is 2.62. The number of aliphatic hydroxyl groups excluding tert-OH is 1. The molecule has 3 heteroatoms. The second-order valence-corrected chi connectivity index (χ2v) is 5.15. The number of hydrogen-bond acceptors (Lipinski definition) is 2. The topological polar surface area (TPSA) is 49.3 Å². The van der Waals surface area contributed by atoms with Gasteiger partial charge in [-0.1, -0.05) is 39.2 Å². The number of allylic oxidation sites excluding steroid dienone is 1. The fourth-order valence-electron chi connectivity index (χ4n) is 2.36. The molecule has 1 aliphatic carbocycles. The largest absolute Gasteiger partial charge is 0.395 e. The zero-order chi connectivity index (χ0) is 12.7. The molecule has 0 saturated heterocycles. The highest BCUT2D eigenvalue weighted by Crippen LogP contribution is 2.27. The van der Waals surface area contributed by atoms with Crippen LogP contribution >= 0.6 is 0 Å². The number of carbonyl (C=O) groups excluding carboxylic acids is 1. The third-order valence-electron chi connectivity index (χ3n) is 3.35. The molecule has 1 fully saturated rings. The van der Waals surface area contributed by atoms with Crippen LogP contribution in [0.2, 0.25) is 0 Å². The fraction of sp³-hybridized carbons (Fsp3) is 0.786. The first-order chi connectivity index (χ1) is 8.15. The monoisotopic (exact) mass is 239 g/mol. The van der Waals surface area contributed by atoms with Crippen LogP contribution in [0, 0.1) is 11.8 Å². The Labute approximate surface area is 104 Å². The van der Waals surface area contributed by atoms with Crippen molar-refractivity contribution in [2.24, 2.45) is 11.8 Å². The van der Waals surface area contributed by atoms with Crippen molar-refractivity contribution in [3.63, 3.8) is 0 Å². The Morgan fingerprint density at radius 3 is 2.53 bits per heavy atom. The van der Waals surface area contributed by atoms with Gasteiger partial charge in [0, 0.05) is 12.1 Å². The van der Waals surface area contributed by atoms with Crippen LogP contribution < -0.4 is 5.32 Å². The van der Waals surface area contributed by atoms with E-state index < -0.39 is 0 Å². The summed E-state index contributed by atoms with van der Waals surface area (Å²) in [5.74, 6) is 0.802. The van der Waals surface area contributed by atoms with E-state index >= 15 is 0 Å². The lowest BCUT2D eigenvalue weighted by molar-refractivity contribution is -0.118. The molecule has 17 heavy (non-hydrogen) atoms. The first-order valence-electron chi connectivity index (χ1n) is 6.76. The van der Waals surface area contributed by atoms with Gasteiger partial charge < -0.3 is 10.4 Å². The van der Waals surface area contributed by atoms with E-state index in [1.807, 2.05) is 13.8 Å². The number of rotatable bonds is 5. The highest BCUT2D eigenvalue weighted by Gasteiger charge is 2.17. The molecule has 0 spiro atoms. The predicted molar refractivity (Wildman–Crippen MR) is 69.6 cm³/mol. The summed E-state index contributed by atoms with van der Waals surface area (Å²) in [7, 11) is 0. The Hall–Kier alpha value is -0.830. The second-order valence-electron chi connectivity index (χ2n) is 5.15. The number of aliphatic hydroxyl groups is 1. The van der Waals surface area contributed by atoms with Gasteiger partial charge in [0.15, 0.2) is 0 Å². The summed E-state index contributed by atoms with van der Waals surface area (Å²) in [6.45, 7) is 4.44. The van der Waals surface area contributed by atoms with E-state index in [-0.39, 0.29) is 18.4 Å². The minimum absolute atomic E-state index is 0.000539. The molecule has 2 N–H and O–H groups in total. The van der Waals surface area contributed by atoms with Gasteiger partial charge in [-0.05, 0) is 24.7 Å². The van der Waals surface area contributed by atoms with Crippen molar-refractivity contribution in [1.82, 2.24) is 5.32 Å². The van der Waals surface area contributed by atoms with E-state index in [2.05, 4.69) is 11.4 Å². The minimum atomic E-state index is -0.0142. The number of amides is 1. The number of hydrogen-bond donors (Lipinski definition) is 2. The van der Waals surface area contributed by atoms with Crippen LogP contribution in [0.15, 0.2) is 11.6 Å². The summed E-state index contributed by atoms with van der Waals surface area (Å²) in [6, 6.07) is 0. The lowest BCUT2D eigenvalue weighted by Crippen LogP contribution is -2.30. The van der Waals surface area contributed by atoms with E-state index in [0.29, 0.717) is 12.5 Å². The van der Waals surface area contributed by atoms with Crippen LogP contribution in [0.25, 0.3) is 0 Å². The van der Waals surface area contributed by atoms with Gasteiger partial charge in [0.25, 0.3) is 0 Å². The van der Waals surface area contributed by atoms with Gasteiger partial charge >= 0.3 is 0 Å². The molecular weight excluding hydrogens is 214 g/mol. The van der Waals surface area contributed by atoms with Crippen LogP contribution in [0.3, 0.4) is 0 Å². The standard InChI is InChI=1S/C14H25NO2/c1-11(2)13(14(17)15-8-9-16)10-12-6-4-3-5-7-12/h10-12,16H,3-9H2,1-2H3,(H,15,17)/b13-10+. The molecule has 98 valence electrons. The van der Waals surface area contributed by atoms with Crippen molar-refractivity contribution in [1.29, 1.82) is 0 Å². The highest BCUT2D eigenvalue weighted by molar-refractivity contribution is 5.93. The summed E-state index contributed by atoms with van der Waals surface area (Å²) in [4.78, 5) is 11.9. The molecule has 0 unspecified atom stereocenters. The molecule has 1 rings (SSSR count). The number of carbonyl (C=O) groups is 1. The maximum atomic E-state index is 11.9. The van der Waals surface area contributed by atoms with Gasteiger partial charge in [-0.25, -0.2) is 0 Å². The van der Waals surface area contributed by atoms with Gasteiger partial charge in [0.1, 0.15) is 0 Å². The Morgan fingerprint density at radius 1 is 1.35 bits per heavy atom. The molecule has 0 heterocycles. The molecule has 0 aromatic rings. The van der Waals surface area contributed by atoms with Crippen LogP contribution in [0.5, 0.6) is 0 Å². The third kappa shape index (κ3) is 4.90. The van der Waals surface area contributed by atoms with Crippen LogP contribution in [-0.4, -0.2) is 24.2 Å². The Bertz CT molecular complexity index is 265. The maximum Gasteiger partial charge on any atom is 0.247 e. The van der Waals surface area contributed by atoms with E-state index in [1.165, 1.54) is 32.1 Å². The van der Waals surface area contributed by atoms with Crippen molar-refractivity contribution in [2.75, 3.05) is 13.2 Å². The molecule has 1 amide bonds. The zero-order valence-electron chi connectivity index (χ0n) is 11.0. The predicted octanol–water partition coefficient (Wildman–Crippen LogP) is 2.26. The minimum Gasteiger partial charge on any atom is -0.395 e. The number of nitrogens with one attached hydrogen (secondary N) is 1. The average Bonchev–Trinajstić information content (AvgIpc) is 2.34. The SMILES string of the molecule is CC(C)/C(=C\C1CCCCC1)C(=O)NCCO. The van der Waals surface area contributed by atoms with Crippen molar-refractivity contribution < 1.29 is 9.90 Å². The fourth-order valence-corrected chi connectivity index (χ4v) is 2.36. The van der Waals surface area contributed by atoms with Crippen LogP contribution in [0.1, 0.15) is 46.0 Å². The third-order valence-corrected chi connectivity index (χ3v) is 3.35. The lowest BCUT2D eigenvalue weighted by Gasteiger charge is -2.21.